The van der Waals surface area contributed by atoms with Crippen molar-refractivity contribution in [2.45, 2.75) is 19.3 Å². The third kappa shape index (κ3) is 5.92. The Balaban J connectivity index is 1.77. The molecule has 8 nitrogen and oxygen atoms in total. The van der Waals surface area contributed by atoms with Gasteiger partial charge in [0.05, 0.1) is 32.1 Å². The minimum atomic E-state index is -0.655. The number of ether oxygens (including phenoxy) is 2. The van der Waals surface area contributed by atoms with Gasteiger partial charge in [0.1, 0.15) is 6.61 Å². The van der Waals surface area contributed by atoms with E-state index in [0.29, 0.717) is 42.7 Å². The van der Waals surface area contributed by atoms with Crippen LogP contribution in [0.4, 0.5) is 10.5 Å². The summed E-state index contributed by atoms with van der Waals surface area (Å²) in [5.74, 6) is 0.819. The lowest BCUT2D eigenvalue weighted by Crippen LogP contribution is -2.31. The lowest BCUT2D eigenvalue weighted by Gasteiger charge is -2.21. The summed E-state index contributed by atoms with van der Waals surface area (Å²) in [5, 5.41) is 5.24. The van der Waals surface area contributed by atoms with Gasteiger partial charge in [-0.2, -0.15) is 5.06 Å². The fourth-order valence-electron chi connectivity index (χ4n) is 2.62. The van der Waals surface area contributed by atoms with Gasteiger partial charge in [-0.25, -0.2) is 4.79 Å². The number of para-hydroxylation sites is 1. The molecule has 0 atom stereocenters. The summed E-state index contributed by atoms with van der Waals surface area (Å²) in [6.45, 7) is 0.891. The number of carbonyl (C=O) groups excluding carboxylic acids is 1. The first-order valence-electron chi connectivity index (χ1n) is 9.47. The number of aromatic nitrogens is 1. The van der Waals surface area contributed by atoms with Gasteiger partial charge in [0.25, 0.3) is 5.90 Å². The zero-order valence-electron chi connectivity index (χ0n) is 16.6. The number of amides is 1. The summed E-state index contributed by atoms with van der Waals surface area (Å²) in [6.07, 6.45) is 3.99. The highest BCUT2D eigenvalue weighted by Gasteiger charge is 2.26. The molecule has 0 N–H and O–H groups in total. The second-order valence-electron chi connectivity index (χ2n) is 6.52. The molecule has 1 heterocycles. The fraction of sp³-hybridized carbons (Fsp3) is 0.381. The molecule has 1 aliphatic carbocycles. The summed E-state index contributed by atoms with van der Waals surface area (Å²) in [7, 11) is 2.68. The molecule has 0 aliphatic heterocycles. The number of anilines is 1. The van der Waals surface area contributed by atoms with Gasteiger partial charge in [-0.15, -0.1) is 0 Å². The monoisotopic (exact) mass is 399 g/mol. The number of carbonyl (C=O) groups is 1. The molecule has 1 aromatic carbocycles. The number of benzene rings is 1. The predicted octanol–water partition coefficient (Wildman–Crippen LogP) is 3.56. The summed E-state index contributed by atoms with van der Waals surface area (Å²) >= 11 is 0. The average Bonchev–Trinajstić information content (AvgIpc) is 3.59. The average molecular weight is 399 g/mol. The topological polar surface area (TPSA) is 82.5 Å². The molecule has 0 radical (unpaired) electrons. The van der Waals surface area contributed by atoms with Gasteiger partial charge >= 0.3 is 6.09 Å². The third-order valence-electron chi connectivity index (χ3n) is 4.35. The second kappa shape index (κ2) is 10.4. The summed E-state index contributed by atoms with van der Waals surface area (Å²) < 4.78 is 10.7. The first-order valence-corrected chi connectivity index (χ1v) is 9.47. The van der Waals surface area contributed by atoms with Gasteiger partial charge in [-0.3, -0.25) is 9.82 Å². The maximum Gasteiger partial charge on any atom is 0.438 e. The second-order valence-corrected chi connectivity index (χ2v) is 6.52. The number of hydrogen-bond acceptors (Lipinski definition) is 7. The fourth-order valence-corrected chi connectivity index (χ4v) is 2.62. The van der Waals surface area contributed by atoms with Crippen LogP contribution in [0.15, 0.2) is 53.8 Å². The van der Waals surface area contributed by atoms with Crippen LogP contribution < -0.4 is 5.06 Å². The van der Waals surface area contributed by atoms with Gasteiger partial charge in [0, 0.05) is 18.3 Å². The Kier molecular flexibility index (Phi) is 7.40. The van der Waals surface area contributed by atoms with E-state index in [1.165, 1.54) is 14.2 Å². The smallest absolute Gasteiger partial charge is 0.438 e. The quantitative estimate of drug-likeness (QED) is 0.277. The summed E-state index contributed by atoms with van der Waals surface area (Å²) in [4.78, 5) is 27.0. The minimum Gasteiger partial charge on any atom is -0.475 e. The Labute approximate surface area is 170 Å². The van der Waals surface area contributed by atoms with Crippen LogP contribution in [-0.2, 0) is 25.6 Å². The first-order chi connectivity index (χ1) is 14.2. The number of oxime groups is 1. The van der Waals surface area contributed by atoms with Gasteiger partial charge in [0.15, 0.2) is 0 Å². The molecule has 1 aliphatic rings. The first kappa shape index (κ1) is 20.6. The standard InChI is InChI=1S/C21H25N3O5/c1-26-21(25)24(27-2)19-9-4-3-8-18(19)20(28-15-16-10-11-16)23-29-14-12-17-7-5-6-13-22-17/h3-9,13,16H,10-12,14-15H2,1-2H3/b23-20+. The van der Waals surface area contributed by atoms with Crippen LogP contribution in [0.25, 0.3) is 0 Å². The lowest BCUT2D eigenvalue weighted by molar-refractivity contribution is 0.115. The Hall–Kier alpha value is -3.13. The maximum atomic E-state index is 12.1. The highest BCUT2D eigenvalue weighted by molar-refractivity contribution is 6.02. The van der Waals surface area contributed by atoms with Gasteiger partial charge in [-0.1, -0.05) is 18.2 Å². The number of methoxy groups -OCH3 is 1. The van der Waals surface area contributed by atoms with Gasteiger partial charge in [-0.05, 0) is 48.2 Å². The van der Waals surface area contributed by atoms with Crippen LogP contribution in [-0.4, -0.2) is 44.4 Å². The summed E-state index contributed by atoms with van der Waals surface area (Å²) in [6, 6.07) is 12.9. The van der Waals surface area contributed by atoms with E-state index < -0.39 is 6.09 Å². The Bertz CT molecular complexity index is 824. The van der Waals surface area contributed by atoms with Gasteiger partial charge < -0.3 is 14.3 Å². The highest BCUT2D eigenvalue weighted by atomic mass is 16.7. The zero-order chi connectivity index (χ0) is 20.5. The SMILES string of the molecule is COC(=O)N(OC)c1ccccc1/C(=N\OCCc1ccccn1)OCC1CC1. The van der Waals surface area contributed by atoms with Crippen LogP contribution in [0.5, 0.6) is 0 Å². The van der Waals surface area contributed by atoms with Crippen LogP contribution in [0.2, 0.25) is 0 Å². The van der Waals surface area contributed by atoms with E-state index in [9.17, 15) is 4.79 Å². The predicted molar refractivity (Wildman–Crippen MR) is 107 cm³/mol. The van der Waals surface area contributed by atoms with Crippen molar-refractivity contribution in [3.63, 3.8) is 0 Å². The van der Waals surface area contributed by atoms with Crippen LogP contribution in [0.3, 0.4) is 0 Å². The minimum absolute atomic E-state index is 0.291. The van der Waals surface area contributed by atoms with Crippen molar-refractivity contribution in [2.24, 2.45) is 11.1 Å². The lowest BCUT2D eigenvalue weighted by atomic mass is 10.1. The molecule has 8 heteroatoms. The normalized spacial score (nSPS) is 13.7. The van der Waals surface area contributed by atoms with Crippen molar-refractivity contribution in [3.05, 3.63) is 59.9 Å². The molecular formula is C21H25N3O5. The molecule has 0 bridgehead atoms. The van der Waals surface area contributed by atoms with Crippen molar-refractivity contribution in [3.8, 4) is 0 Å². The number of nitrogens with zero attached hydrogens (tertiary/aromatic N) is 3. The number of pyridine rings is 1. The van der Waals surface area contributed by atoms with E-state index in [1.54, 1.807) is 24.4 Å². The molecular weight excluding hydrogens is 374 g/mol. The van der Waals surface area contributed by atoms with E-state index in [0.717, 1.165) is 23.6 Å². The van der Waals surface area contributed by atoms with Crippen LogP contribution >= 0.6 is 0 Å². The molecule has 3 rings (SSSR count). The Morgan fingerprint density at radius 1 is 1.17 bits per heavy atom. The molecule has 0 spiro atoms. The molecule has 0 unspecified atom stereocenters. The van der Waals surface area contributed by atoms with E-state index in [4.69, 9.17) is 19.1 Å². The molecule has 29 heavy (non-hydrogen) atoms. The number of rotatable bonds is 9. The Morgan fingerprint density at radius 2 is 1.97 bits per heavy atom. The molecule has 1 aromatic heterocycles. The number of hydrogen-bond donors (Lipinski definition) is 0. The zero-order valence-corrected chi connectivity index (χ0v) is 16.6. The van der Waals surface area contributed by atoms with E-state index in [2.05, 4.69) is 10.1 Å². The van der Waals surface area contributed by atoms with Crippen molar-refractivity contribution in [1.29, 1.82) is 0 Å². The molecule has 154 valence electrons. The van der Waals surface area contributed by atoms with Crippen LogP contribution in [0.1, 0.15) is 24.1 Å². The van der Waals surface area contributed by atoms with Crippen molar-refractivity contribution < 1.29 is 23.9 Å². The van der Waals surface area contributed by atoms with E-state index in [1.807, 2.05) is 24.3 Å². The molecule has 0 saturated heterocycles. The molecule has 1 fully saturated rings. The number of hydroxylamine groups is 1. The van der Waals surface area contributed by atoms with E-state index in [-0.39, 0.29) is 0 Å². The van der Waals surface area contributed by atoms with Crippen LogP contribution in [0, 0.1) is 5.92 Å². The largest absolute Gasteiger partial charge is 0.475 e. The summed E-state index contributed by atoms with van der Waals surface area (Å²) in [5.41, 5.74) is 1.93. The Morgan fingerprint density at radius 3 is 2.66 bits per heavy atom. The van der Waals surface area contributed by atoms with Crippen molar-refractivity contribution in [1.82, 2.24) is 4.98 Å². The van der Waals surface area contributed by atoms with E-state index >= 15 is 0 Å². The molecule has 1 amide bonds. The maximum absolute atomic E-state index is 12.1. The van der Waals surface area contributed by atoms with Crippen molar-refractivity contribution >= 4 is 17.7 Å². The van der Waals surface area contributed by atoms with Crippen molar-refractivity contribution in [2.75, 3.05) is 32.5 Å². The molecule has 1 saturated carbocycles. The molecule has 2 aromatic rings. The highest BCUT2D eigenvalue weighted by Crippen LogP contribution is 2.30. The third-order valence-corrected chi connectivity index (χ3v) is 4.35. The van der Waals surface area contributed by atoms with Gasteiger partial charge in [0.2, 0.25) is 0 Å².